The molecule has 0 N–H and O–H groups in total. The van der Waals surface area contributed by atoms with Crippen molar-refractivity contribution in [1.29, 1.82) is 0 Å². The second-order valence-corrected chi connectivity index (χ2v) is 5.68. The van der Waals surface area contributed by atoms with Crippen LogP contribution in [0.4, 0.5) is 0 Å². The molecule has 0 atom stereocenters. The van der Waals surface area contributed by atoms with Crippen LogP contribution in [-0.4, -0.2) is 0 Å². The smallest absolute Gasteiger partial charge is 0.0221 e. The molecule has 76 valence electrons. The van der Waals surface area contributed by atoms with E-state index in [-0.39, 0.29) is 0 Å². The van der Waals surface area contributed by atoms with Gasteiger partial charge in [0, 0.05) is 8.95 Å². The normalized spacial score (nSPS) is 18.4. The van der Waals surface area contributed by atoms with Crippen molar-refractivity contribution in [2.45, 2.75) is 38.0 Å². The van der Waals surface area contributed by atoms with Gasteiger partial charge in [-0.25, -0.2) is 0 Å². The van der Waals surface area contributed by atoms with E-state index >= 15 is 0 Å². The summed E-state index contributed by atoms with van der Waals surface area (Å²) in [5.74, 6) is 0.758. The minimum Gasteiger partial charge on any atom is -0.0600 e. The van der Waals surface area contributed by atoms with E-state index in [0.717, 1.165) is 5.92 Å². The Kier molecular flexibility index (Phi) is 3.67. The Morgan fingerprint density at radius 2 is 1.50 bits per heavy atom. The summed E-state index contributed by atoms with van der Waals surface area (Å²) in [7, 11) is 0. The summed E-state index contributed by atoms with van der Waals surface area (Å²) in [6.07, 6.45) is 6.89. The fraction of sp³-hybridized carbons (Fsp3) is 0.500. The molecular formula is C12H14Br2. The molecule has 0 heterocycles. The molecule has 1 aromatic carbocycles. The van der Waals surface area contributed by atoms with Gasteiger partial charge in [-0.3, -0.25) is 0 Å². The number of rotatable bonds is 1. The van der Waals surface area contributed by atoms with Gasteiger partial charge in [0.2, 0.25) is 0 Å². The second kappa shape index (κ2) is 4.80. The number of benzene rings is 1. The summed E-state index contributed by atoms with van der Waals surface area (Å²) in [4.78, 5) is 0. The van der Waals surface area contributed by atoms with Crippen LogP contribution in [0.3, 0.4) is 0 Å². The Hall–Kier alpha value is 0.180. The zero-order valence-electron chi connectivity index (χ0n) is 8.10. The average Bonchev–Trinajstić information content (AvgIpc) is 2.19. The summed E-state index contributed by atoms with van der Waals surface area (Å²) in [5, 5.41) is 0. The van der Waals surface area contributed by atoms with Gasteiger partial charge in [-0.15, -0.1) is 0 Å². The summed E-state index contributed by atoms with van der Waals surface area (Å²) in [6, 6.07) is 6.38. The Bertz CT molecular complexity index is 294. The maximum Gasteiger partial charge on any atom is 0.0221 e. The molecule has 0 aliphatic heterocycles. The van der Waals surface area contributed by atoms with E-state index < -0.39 is 0 Å². The minimum atomic E-state index is 0.758. The van der Waals surface area contributed by atoms with Crippen molar-refractivity contribution < 1.29 is 0 Å². The van der Waals surface area contributed by atoms with Crippen LogP contribution in [0.25, 0.3) is 0 Å². The number of halogens is 2. The predicted molar refractivity (Wildman–Crippen MR) is 67.7 cm³/mol. The van der Waals surface area contributed by atoms with Gasteiger partial charge in [0.1, 0.15) is 0 Å². The Balaban J connectivity index is 2.29. The van der Waals surface area contributed by atoms with E-state index in [2.05, 4.69) is 50.1 Å². The van der Waals surface area contributed by atoms with Gasteiger partial charge in [0.05, 0.1) is 0 Å². The van der Waals surface area contributed by atoms with Crippen LogP contribution in [0.5, 0.6) is 0 Å². The van der Waals surface area contributed by atoms with Gasteiger partial charge in [-0.05, 0) is 36.5 Å². The molecule has 0 spiro atoms. The van der Waals surface area contributed by atoms with E-state index in [1.807, 2.05) is 0 Å². The maximum absolute atomic E-state index is 3.65. The van der Waals surface area contributed by atoms with Crippen molar-refractivity contribution in [3.63, 3.8) is 0 Å². The molecule has 1 fully saturated rings. The molecular weight excluding hydrogens is 304 g/mol. The van der Waals surface area contributed by atoms with Gasteiger partial charge < -0.3 is 0 Å². The third-order valence-corrected chi connectivity index (χ3v) is 4.40. The van der Waals surface area contributed by atoms with Crippen LogP contribution >= 0.6 is 31.9 Å². The monoisotopic (exact) mass is 316 g/mol. The largest absolute Gasteiger partial charge is 0.0600 e. The van der Waals surface area contributed by atoms with Crippen LogP contribution in [0.15, 0.2) is 27.1 Å². The highest BCUT2D eigenvalue weighted by Crippen LogP contribution is 2.40. The number of hydrogen-bond donors (Lipinski definition) is 0. The molecule has 0 aromatic heterocycles. The predicted octanol–water partition coefficient (Wildman–Crippen LogP) is 5.26. The highest BCUT2D eigenvalue weighted by atomic mass is 79.9. The summed E-state index contributed by atoms with van der Waals surface area (Å²) >= 11 is 7.31. The molecule has 1 saturated carbocycles. The molecule has 0 unspecified atom stereocenters. The third kappa shape index (κ3) is 2.22. The first-order chi connectivity index (χ1) is 6.79. The first kappa shape index (κ1) is 10.7. The van der Waals surface area contributed by atoms with Gasteiger partial charge in [0.25, 0.3) is 0 Å². The first-order valence-electron chi connectivity index (χ1n) is 5.23. The van der Waals surface area contributed by atoms with Crippen LogP contribution in [-0.2, 0) is 0 Å². The Labute approximate surface area is 102 Å². The van der Waals surface area contributed by atoms with Crippen molar-refractivity contribution >= 4 is 31.9 Å². The minimum absolute atomic E-state index is 0.758. The summed E-state index contributed by atoms with van der Waals surface area (Å²) in [6.45, 7) is 0. The van der Waals surface area contributed by atoms with Gasteiger partial charge >= 0.3 is 0 Å². The van der Waals surface area contributed by atoms with Gasteiger partial charge in [0.15, 0.2) is 0 Å². The second-order valence-electron chi connectivity index (χ2n) is 3.97. The molecule has 2 rings (SSSR count). The topological polar surface area (TPSA) is 0 Å². The van der Waals surface area contributed by atoms with Crippen molar-refractivity contribution in [2.24, 2.45) is 0 Å². The van der Waals surface area contributed by atoms with Crippen molar-refractivity contribution in [1.82, 2.24) is 0 Å². The van der Waals surface area contributed by atoms with Crippen LogP contribution in [0, 0.1) is 0 Å². The fourth-order valence-corrected chi connectivity index (χ4v) is 3.94. The zero-order chi connectivity index (χ0) is 9.97. The molecule has 0 nitrogen and oxygen atoms in total. The maximum atomic E-state index is 3.65. The van der Waals surface area contributed by atoms with Crippen molar-refractivity contribution in [3.8, 4) is 0 Å². The van der Waals surface area contributed by atoms with Crippen molar-refractivity contribution in [3.05, 3.63) is 32.7 Å². The van der Waals surface area contributed by atoms with E-state index in [1.165, 1.54) is 46.6 Å². The molecule has 1 aromatic rings. The Morgan fingerprint density at radius 1 is 0.929 bits per heavy atom. The lowest BCUT2D eigenvalue weighted by Gasteiger charge is -2.24. The molecule has 2 heteroatoms. The zero-order valence-corrected chi connectivity index (χ0v) is 11.3. The van der Waals surface area contributed by atoms with E-state index in [1.54, 1.807) is 0 Å². The quantitative estimate of drug-likeness (QED) is 0.662. The lowest BCUT2D eigenvalue weighted by Crippen LogP contribution is -2.05. The molecule has 0 saturated heterocycles. The van der Waals surface area contributed by atoms with Crippen LogP contribution in [0.1, 0.15) is 43.6 Å². The molecule has 0 radical (unpaired) electrons. The Morgan fingerprint density at radius 3 is 2.07 bits per heavy atom. The SMILES string of the molecule is Brc1cccc(Br)c1C1CCCCC1. The van der Waals surface area contributed by atoms with Gasteiger partial charge in [-0.1, -0.05) is 57.2 Å². The standard InChI is InChI=1S/C12H14Br2/c13-10-7-4-8-11(14)12(10)9-5-2-1-3-6-9/h4,7-9H,1-3,5-6H2. The molecule has 14 heavy (non-hydrogen) atoms. The summed E-state index contributed by atoms with van der Waals surface area (Å²) in [5.41, 5.74) is 1.48. The van der Waals surface area contributed by atoms with Crippen LogP contribution < -0.4 is 0 Å². The van der Waals surface area contributed by atoms with Crippen LogP contribution in [0.2, 0.25) is 0 Å². The van der Waals surface area contributed by atoms with E-state index in [0.29, 0.717) is 0 Å². The summed E-state index contributed by atoms with van der Waals surface area (Å²) < 4.78 is 2.53. The van der Waals surface area contributed by atoms with Crippen molar-refractivity contribution in [2.75, 3.05) is 0 Å². The highest BCUT2D eigenvalue weighted by Gasteiger charge is 2.19. The molecule has 0 bridgehead atoms. The third-order valence-electron chi connectivity index (χ3n) is 3.01. The highest BCUT2D eigenvalue weighted by molar-refractivity contribution is 9.11. The van der Waals surface area contributed by atoms with E-state index in [9.17, 15) is 0 Å². The molecule has 1 aliphatic carbocycles. The first-order valence-corrected chi connectivity index (χ1v) is 6.81. The lowest BCUT2D eigenvalue weighted by molar-refractivity contribution is 0.441. The van der Waals surface area contributed by atoms with Gasteiger partial charge in [-0.2, -0.15) is 0 Å². The van der Waals surface area contributed by atoms with E-state index in [4.69, 9.17) is 0 Å². The molecule has 0 amide bonds. The number of hydrogen-bond acceptors (Lipinski definition) is 0. The fourth-order valence-electron chi connectivity index (χ4n) is 2.29. The lowest BCUT2D eigenvalue weighted by atomic mass is 9.84. The average molecular weight is 318 g/mol. The molecule has 1 aliphatic rings.